The summed E-state index contributed by atoms with van der Waals surface area (Å²) in [6, 6.07) is 0. The molecule has 0 fully saturated rings. The lowest BCUT2D eigenvalue weighted by molar-refractivity contribution is -0.116. The van der Waals surface area contributed by atoms with Crippen molar-refractivity contribution in [2.45, 2.75) is 13.8 Å². The highest BCUT2D eigenvalue weighted by Gasteiger charge is 1.94. The number of thioether (sulfide) groups is 1. The highest BCUT2D eigenvalue weighted by molar-refractivity contribution is 7.99. The van der Waals surface area contributed by atoms with E-state index in [0.717, 1.165) is 12.3 Å². The van der Waals surface area contributed by atoms with Gasteiger partial charge in [0.2, 0.25) is 0 Å². The number of ketones is 2. The van der Waals surface area contributed by atoms with Crippen LogP contribution in [0.3, 0.4) is 0 Å². The van der Waals surface area contributed by atoms with Gasteiger partial charge in [-0.3, -0.25) is 9.59 Å². The first-order chi connectivity index (χ1) is 5.63. The Bertz CT molecular complexity index is 141. The minimum atomic E-state index is 0.145. The Hall–Kier alpha value is -0.350. The zero-order valence-electron chi connectivity index (χ0n) is 7.55. The number of carbonyl (C=O) groups is 2. The second-order valence-corrected chi connectivity index (χ2v) is 3.74. The van der Waals surface area contributed by atoms with Gasteiger partial charge in [-0.25, -0.2) is 0 Å². The van der Waals surface area contributed by atoms with Crippen molar-refractivity contribution in [1.29, 1.82) is 0 Å². The van der Waals surface area contributed by atoms with E-state index < -0.39 is 0 Å². The predicted molar refractivity (Wildman–Crippen MR) is 51.6 cm³/mol. The molecule has 0 aliphatic heterocycles. The molecule has 3 nitrogen and oxygen atoms in total. The molecule has 0 spiro atoms. The normalized spacial score (nSPS) is 9.83. The highest BCUT2D eigenvalue weighted by Crippen LogP contribution is 1.97. The van der Waals surface area contributed by atoms with E-state index in [-0.39, 0.29) is 11.6 Å². The van der Waals surface area contributed by atoms with Crippen LogP contribution in [-0.2, 0) is 9.59 Å². The SMILES string of the molecule is CC(=O)CNCCSCC(C)=O. The summed E-state index contributed by atoms with van der Waals surface area (Å²) in [5.74, 6) is 1.80. The smallest absolute Gasteiger partial charge is 0.143 e. The highest BCUT2D eigenvalue weighted by atomic mass is 32.2. The topological polar surface area (TPSA) is 46.2 Å². The van der Waals surface area contributed by atoms with Crippen LogP contribution in [0.1, 0.15) is 13.8 Å². The van der Waals surface area contributed by atoms with Crippen LogP contribution in [-0.4, -0.2) is 36.2 Å². The molecule has 0 saturated carbocycles. The third kappa shape index (κ3) is 9.65. The Morgan fingerprint density at radius 3 is 2.42 bits per heavy atom. The Morgan fingerprint density at radius 2 is 1.92 bits per heavy atom. The van der Waals surface area contributed by atoms with E-state index in [2.05, 4.69) is 5.32 Å². The van der Waals surface area contributed by atoms with Gasteiger partial charge in [-0.15, -0.1) is 0 Å². The Labute approximate surface area is 77.3 Å². The summed E-state index contributed by atoms with van der Waals surface area (Å²) in [6.45, 7) is 4.35. The summed E-state index contributed by atoms with van der Waals surface area (Å²) < 4.78 is 0. The van der Waals surface area contributed by atoms with Crippen LogP contribution < -0.4 is 5.32 Å². The van der Waals surface area contributed by atoms with Crippen LogP contribution in [0, 0.1) is 0 Å². The van der Waals surface area contributed by atoms with Crippen molar-refractivity contribution in [3.05, 3.63) is 0 Å². The summed E-state index contributed by atoms with van der Waals surface area (Å²) in [4.78, 5) is 21.0. The van der Waals surface area contributed by atoms with Crippen LogP contribution in [0.15, 0.2) is 0 Å². The molecule has 0 rings (SSSR count). The number of hydrogen-bond acceptors (Lipinski definition) is 4. The standard InChI is InChI=1S/C8H15NO2S/c1-7(10)5-9-3-4-12-6-8(2)11/h9H,3-6H2,1-2H3. The first-order valence-corrected chi connectivity index (χ1v) is 5.05. The molecule has 0 aliphatic carbocycles. The molecule has 12 heavy (non-hydrogen) atoms. The van der Waals surface area contributed by atoms with Crippen LogP contribution in [0.5, 0.6) is 0 Å². The zero-order chi connectivity index (χ0) is 9.40. The van der Waals surface area contributed by atoms with Crippen LogP contribution in [0.2, 0.25) is 0 Å². The fraction of sp³-hybridized carbons (Fsp3) is 0.750. The molecule has 0 saturated heterocycles. The summed E-state index contributed by atoms with van der Waals surface area (Å²) in [6.07, 6.45) is 0. The molecular weight excluding hydrogens is 174 g/mol. The first kappa shape index (κ1) is 11.6. The summed E-state index contributed by atoms with van der Waals surface area (Å²) >= 11 is 1.59. The lowest BCUT2D eigenvalue weighted by Crippen LogP contribution is -2.23. The van der Waals surface area contributed by atoms with Crippen molar-refractivity contribution in [3.63, 3.8) is 0 Å². The van der Waals surface area contributed by atoms with Gasteiger partial charge in [-0.2, -0.15) is 11.8 Å². The molecular formula is C8H15NO2S. The summed E-state index contributed by atoms with van der Waals surface area (Å²) in [5.41, 5.74) is 0. The summed E-state index contributed by atoms with van der Waals surface area (Å²) in [5, 5.41) is 2.98. The van der Waals surface area contributed by atoms with E-state index in [1.165, 1.54) is 0 Å². The molecule has 0 aromatic carbocycles. The lowest BCUT2D eigenvalue weighted by atomic mass is 10.4. The number of Topliss-reactive ketones (excluding diaryl/α,β-unsaturated/α-hetero) is 2. The first-order valence-electron chi connectivity index (χ1n) is 3.90. The molecule has 0 amide bonds. The summed E-state index contributed by atoms with van der Waals surface area (Å²) in [7, 11) is 0. The Morgan fingerprint density at radius 1 is 1.25 bits per heavy atom. The largest absolute Gasteiger partial charge is 0.309 e. The van der Waals surface area contributed by atoms with Gasteiger partial charge in [-0.05, 0) is 13.8 Å². The number of hydrogen-bond donors (Lipinski definition) is 1. The van der Waals surface area contributed by atoms with E-state index in [9.17, 15) is 9.59 Å². The third-order valence-corrected chi connectivity index (χ3v) is 2.21. The minimum absolute atomic E-state index is 0.145. The maximum absolute atomic E-state index is 10.5. The second kappa shape index (κ2) is 7.31. The van der Waals surface area contributed by atoms with Crippen LogP contribution >= 0.6 is 11.8 Å². The number of carbonyl (C=O) groups excluding carboxylic acids is 2. The quantitative estimate of drug-likeness (QED) is 0.592. The maximum atomic E-state index is 10.5. The van der Waals surface area contributed by atoms with Gasteiger partial charge < -0.3 is 5.32 Å². The van der Waals surface area contributed by atoms with Gasteiger partial charge in [-0.1, -0.05) is 0 Å². The van der Waals surface area contributed by atoms with Crippen molar-refractivity contribution in [2.75, 3.05) is 24.6 Å². The lowest BCUT2D eigenvalue weighted by Gasteiger charge is -2.00. The molecule has 4 heteroatoms. The molecule has 1 N–H and O–H groups in total. The molecule has 0 bridgehead atoms. The fourth-order valence-corrected chi connectivity index (χ4v) is 1.35. The van der Waals surface area contributed by atoms with E-state index in [0.29, 0.717) is 12.3 Å². The van der Waals surface area contributed by atoms with Crippen LogP contribution in [0.4, 0.5) is 0 Å². The van der Waals surface area contributed by atoms with E-state index in [1.807, 2.05) is 0 Å². The van der Waals surface area contributed by atoms with E-state index >= 15 is 0 Å². The van der Waals surface area contributed by atoms with Gasteiger partial charge in [0.1, 0.15) is 11.6 Å². The molecule has 0 aromatic rings. The van der Waals surface area contributed by atoms with Crippen molar-refractivity contribution in [3.8, 4) is 0 Å². The second-order valence-electron chi connectivity index (χ2n) is 2.63. The average Bonchev–Trinajstić information content (AvgIpc) is 1.95. The molecule has 0 atom stereocenters. The Kier molecular flexibility index (Phi) is 7.09. The van der Waals surface area contributed by atoms with Crippen molar-refractivity contribution in [2.24, 2.45) is 0 Å². The molecule has 0 aromatic heterocycles. The maximum Gasteiger partial charge on any atom is 0.143 e. The molecule has 0 radical (unpaired) electrons. The molecule has 0 heterocycles. The van der Waals surface area contributed by atoms with E-state index in [4.69, 9.17) is 0 Å². The molecule has 70 valence electrons. The van der Waals surface area contributed by atoms with Gasteiger partial charge in [0, 0.05) is 12.3 Å². The number of rotatable bonds is 7. The van der Waals surface area contributed by atoms with E-state index in [1.54, 1.807) is 25.6 Å². The fourth-order valence-electron chi connectivity index (χ4n) is 0.625. The van der Waals surface area contributed by atoms with Gasteiger partial charge >= 0.3 is 0 Å². The number of nitrogens with one attached hydrogen (secondary N) is 1. The average molecular weight is 189 g/mol. The zero-order valence-corrected chi connectivity index (χ0v) is 8.37. The minimum Gasteiger partial charge on any atom is -0.309 e. The van der Waals surface area contributed by atoms with Crippen molar-refractivity contribution < 1.29 is 9.59 Å². The van der Waals surface area contributed by atoms with Crippen molar-refractivity contribution in [1.82, 2.24) is 5.32 Å². The van der Waals surface area contributed by atoms with Gasteiger partial charge in [0.05, 0.1) is 12.3 Å². The van der Waals surface area contributed by atoms with Gasteiger partial charge in [0.25, 0.3) is 0 Å². The third-order valence-electron chi connectivity index (χ3n) is 1.10. The monoisotopic (exact) mass is 189 g/mol. The predicted octanol–water partition coefficient (Wildman–Crippen LogP) is 0.487. The van der Waals surface area contributed by atoms with Crippen molar-refractivity contribution >= 4 is 23.3 Å². The molecule has 0 unspecified atom stereocenters. The van der Waals surface area contributed by atoms with Crippen LogP contribution in [0.25, 0.3) is 0 Å². The molecule has 0 aliphatic rings. The van der Waals surface area contributed by atoms with Gasteiger partial charge in [0.15, 0.2) is 0 Å². The Balaban J connectivity index is 3.01.